The summed E-state index contributed by atoms with van der Waals surface area (Å²) in [5, 5.41) is 4.67. The summed E-state index contributed by atoms with van der Waals surface area (Å²) in [5.74, 6) is -9.20. The fraction of sp³-hybridized carbons (Fsp3) is 0.500. The lowest BCUT2D eigenvalue weighted by molar-refractivity contribution is -0.143. The summed E-state index contributed by atoms with van der Waals surface area (Å²) >= 11 is 6.22. The third-order valence-electron chi connectivity index (χ3n) is 6.82. The van der Waals surface area contributed by atoms with Crippen LogP contribution in [0.15, 0.2) is 30.3 Å². The van der Waals surface area contributed by atoms with E-state index in [1.54, 1.807) is 16.3 Å². The van der Waals surface area contributed by atoms with Gasteiger partial charge in [-0.05, 0) is 36.6 Å². The van der Waals surface area contributed by atoms with Gasteiger partial charge < -0.3 is 15.5 Å². The molecule has 14 heteroatoms. The molecular formula is C28H32ClF7N4O2. The molecular weight excluding hydrogens is 593 g/mol. The predicted octanol–water partition coefficient (Wildman–Crippen LogP) is 6.63. The maximum Gasteiger partial charge on any atom is 0.390 e. The number of carbonyl (C=O) groups excluding carboxylic acids is 2. The number of anilines is 2. The zero-order valence-electron chi connectivity index (χ0n) is 23.2. The molecule has 2 aromatic rings. The Balaban J connectivity index is 1.80. The molecule has 1 heterocycles. The van der Waals surface area contributed by atoms with Crippen LogP contribution < -0.4 is 15.5 Å². The van der Waals surface area contributed by atoms with Gasteiger partial charge in [0.25, 0.3) is 11.8 Å². The number of halogens is 8. The second-order valence-electron chi connectivity index (χ2n) is 10.7. The van der Waals surface area contributed by atoms with Gasteiger partial charge in [0.15, 0.2) is 11.6 Å². The molecule has 3 rings (SSSR count). The second-order valence-corrected chi connectivity index (χ2v) is 11.2. The van der Waals surface area contributed by atoms with Crippen LogP contribution in [0.2, 0.25) is 5.02 Å². The van der Waals surface area contributed by atoms with E-state index in [1.807, 2.05) is 18.7 Å². The van der Waals surface area contributed by atoms with Crippen LogP contribution in [0.25, 0.3) is 0 Å². The Bertz CT molecular complexity index is 1280. The molecule has 0 saturated carbocycles. The summed E-state index contributed by atoms with van der Waals surface area (Å²) < 4.78 is 94.3. The van der Waals surface area contributed by atoms with Crippen molar-refractivity contribution < 1.29 is 40.3 Å². The van der Waals surface area contributed by atoms with Crippen LogP contribution in [-0.2, 0) is 11.3 Å². The van der Waals surface area contributed by atoms with Crippen LogP contribution in [0.3, 0.4) is 0 Å². The van der Waals surface area contributed by atoms with Crippen molar-refractivity contribution in [2.45, 2.75) is 58.3 Å². The zero-order chi connectivity index (χ0) is 31.4. The fourth-order valence-electron chi connectivity index (χ4n) is 4.74. The number of carbonyl (C=O) groups is 2. The largest absolute Gasteiger partial charge is 0.390 e. The second kappa shape index (κ2) is 13.5. The SMILES string of the molecule is CC(C)C[C@H]1CN(c2cc(Cl)ccc2NC(=O)c2ccc(CNC(=O)C(C)(F)F)c(F)c2F)CCN1CCC(F)(F)F. The van der Waals surface area contributed by atoms with Crippen molar-refractivity contribution in [2.75, 3.05) is 36.4 Å². The number of amides is 2. The van der Waals surface area contributed by atoms with Crippen LogP contribution >= 0.6 is 11.6 Å². The lowest BCUT2D eigenvalue weighted by atomic mass is 9.99. The Labute approximate surface area is 244 Å². The lowest BCUT2D eigenvalue weighted by Gasteiger charge is -2.43. The van der Waals surface area contributed by atoms with Gasteiger partial charge in [-0.25, -0.2) is 8.78 Å². The number of nitrogens with one attached hydrogen (secondary N) is 2. The van der Waals surface area contributed by atoms with E-state index in [-0.39, 0.29) is 24.2 Å². The third kappa shape index (κ3) is 8.97. The highest BCUT2D eigenvalue weighted by molar-refractivity contribution is 6.31. The maximum atomic E-state index is 14.9. The molecule has 0 aromatic heterocycles. The average molecular weight is 625 g/mol. The quantitative estimate of drug-likeness (QED) is 0.291. The summed E-state index contributed by atoms with van der Waals surface area (Å²) in [6, 6.07) is 6.29. The Morgan fingerprint density at radius 3 is 2.36 bits per heavy atom. The summed E-state index contributed by atoms with van der Waals surface area (Å²) in [6.45, 7) is 4.44. The van der Waals surface area contributed by atoms with Crippen LogP contribution in [0, 0.1) is 17.6 Å². The van der Waals surface area contributed by atoms with Crippen molar-refractivity contribution in [1.82, 2.24) is 10.2 Å². The Hall–Kier alpha value is -3.06. The van der Waals surface area contributed by atoms with Crippen LogP contribution in [-0.4, -0.2) is 61.0 Å². The fourth-order valence-corrected chi connectivity index (χ4v) is 4.90. The van der Waals surface area contributed by atoms with Gasteiger partial charge in [0.05, 0.1) is 23.4 Å². The molecule has 2 aromatic carbocycles. The molecule has 232 valence electrons. The average Bonchev–Trinajstić information content (AvgIpc) is 2.88. The smallest absolute Gasteiger partial charge is 0.367 e. The minimum absolute atomic E-state index is 0.140. The highest BCUT2D eigenvalue weighted by Gasteiger charge is 2.34. The van der Waals surface area contributed by atoms with Crippen molar-refractivity contribution in [2.24, 2.45) is 5.92 Å². The Kier molecular flexibility index (Phi) is 10.7. The number of benzene rings is 2. The van der Waals surface area contributed by atoms with E-state index < -0.39 is 59.6 Å². The van der Waals surface area contributed by atoms with Gasteiger partial charge >= 0.3 is 12.1 Å². The molecule has 0 bridgehead atoms. The molecule has 0 unspecified atom stereocenters. The van der Waals surface area contributed by atoms with Gasteiger partial charge in [-0.2, -0.15) is 22.0 Å². The molecule has 1 aliphatic rings. The molecule has 1 fully saturated rings. The number of nitrogens with zero attached hydrogens (tertiary/aromatic N) is 2. The molecule has 1 atom stereocenters. The molecule has 0 radical (unpaired) electrons. The van der Waals surface area contributed by atoms with Gasteiger partial charge in [-0.15, -0.1) is 0 Å². The Morgan fingerprint density at radius 1 is 1.05 bits per heavy atom. The Morgan fingerprint density at radius 2 is 1.74 bits per heavy atom. The number of hydrogen-bond acceptors (Lipinski definition) is 4. The number of hydrogen-bond donors (Lipinski definition) is 2. The minimum Gasteiger partial charge on any atom is -0.367 e. The van der Waals surface area contributed by atoms with Crippen molar-refractivity contribution >= 4 is 34.8 Å². The molecule has 6 nitrogen and oxygen atoms in total. The van der Waals surface area contributed by atoms with Gasteiger partial charge in [-0.1, -0.05) is 31.5 Å². The summed E-state index contributed by atoms with van der Waals surface area (Å²) in [5.41, 5.74) is -0.425. The number of alkyl halides is 5. The monoisotopic (exact) mass is 624 g/mol. The normalized spacial score (nSPS) is 16.6. The summed E-state index contributed by atoms with van der Waals surface area (Å²) in [4.78, 5) is 28.0. The molecule has 2 amide bonds. The minimum atomic E-state index is -4.28. The first-order valence-electron chi connectivity index (χ1n) is 13.3. The predicted molar refractivity (Wildman–Crippen MR) is 146 cm³/mol. The first kappa shape index (κ1) is 33.4. The third-order valence-corrected chi connectivity index (χ3v) is 7.06. The van der Waals surface area contributed by atoms with Crippen molar-refractivity contribution in [3.63, 3.8) is 0 Å². The zero-order valence-corrected chi connectivity index (χ0v) is 24.0. The number of piperazine rings is 1. The highest BCUT2D eigenvalue weighted by atomic mass is 35.5. The van der Waals surface area contributed by atoms with E-state index in [4.69, 9.17) is 11.6 Å². The van der Waals surface area contributed by atoms with Crippen molar-refractivity contribution in [3.05, 3.63) is 58.1 Å². The van der Waals surface area contributed by atoms with E-state index in [2.05, 4.69) is 5.32 Å². The van der Waals surface area contributed by atoms with Crippen molar-refractivity contribution in [3.8, 4) is 0 Å². The van der Waals surface area contributed by atoms with Crippen molar-refractivity contribution in [1.29, 1.82) is 0 Å². The van der Waals surface area contributed by atoms with Gasteiger partial charge in [0.2, 0.25) is 0 Å². The first-order chi connectivity index (χ1) is 19.5. The van der Waals surface area contributed by atoms with Gasteiger partial charge in [-0.3, -0.25) is 14.5 Å². The number of rotatable bonds is 10. The van der Waals surface area contributed by atoms with Crippen LogP contribution in [0.1, 0.15) is 49.5 Å². The van der Waals surface area contributed by atoms with Crippen LogP contribution in [0.5, 0.6) is 0 Å². The molecule has 1 saturated heterocycles. The summed E-state index contributed by atoms with van der Waals surface area (Å²) in [6.07, 6.45) is -4.59. The molecule has 2 N–H and O–H groups in total. The lowest BCUT2D eigenvalue weighted by Crippen LogP contribution is -2.54. The highest BCUT2D eigenvalue weighted by Crippen LogP contribution is 2.33. The van der Waals surface area contributed by atoms with E-state index in [9.17, 15) is 40.3 Å². The topological polar surface area (TPSA) is 64.7 Å². The molecule has 1 aliphatic heterocycles. The first-order valence-corrected chi connectivity index (χ1v) is 13.6. The molecule has 0 spiro atoms. The summed E-state index contributed by atoms with van der Waals surface area (Å²) in [7, 11) is 0. The van der Waals surface area contributed by atoms with Crippen LogP contribution in [0.4, 0.5) is 42.1 Å². The molecule has 42 heavy (non-hydrogen) atoms. The standard InChI is InChI=1S/C28H32ClF7N4O2/c1-16(2)12-19-15-40(11-10-39(19)9-8-28(34,35)36)22-13-18(29)5-7-21(22)38-25(41)20-6-4-17(23(30)24(20)31)14-37-26(42)27(3,32)33/h4-7,13,16,19H,8-12,14-15H2,1-3H3,(H,37,42)(H,38,41)/t19-/m0/s1. The molecule has 0 aliphatic carbocycles. The van der Waals surface area contributed by atoms with E-state index in [1.165, 1.54) is 12.1 Å². The van der Waals surface area contributed by atoms with E-state index >= 15 is 0 Å². The van der Waals surface area contributed by atoms with E-state index in [0.29, 0.717) is 43.7 Å². The van der Waals surface area contributed by atoms with Gasteiger partial charge in [0, 0.05) is 56.3 Å². The van der Waals surface area contributed by atoms with E-state index in [0.717, 1.165) is 12.1 Å². The maximum absolute atomic E-state index is 14.9. The van der Waals surface area contributed by atoms with Gasteiger partial charge in [0.1, 0.15) is 0 Å².